The minimum atomic E-state index is -1.24. The highest BCUT2D eigenvalue weighted by Gasteiger charge is 2.73. The van der Waals surface area contributed by atoms with Gasteiger partial charge in [-0.25, -0.2) is 0 Å². The standard InChI is InChI=1S/C29H43N3O7/c1-19-18-30-21(34)12-8-7-10-16-32(28(2,3)4)26(36)24-29-14-13-20(39-29)22(27(37)38-19)23(29)25(35)31(24)15-9-5-6-11-17-33/h7,10,13-14,19-20,22-24,33H,5-6,8-9,11-12,15-18H2,1-4H3,(H,30,34)/b10-7-/t19-,20+,22-,23-,24+,29-/m1/s1. The zero-order valence-electron chi connectivity index (χ0n) is 23.6. The van der Waals surface area contributed by atoms with Gasteiger partial charge in [-0.3, -0.25) is 19.2 Å². The van der Waals surface area contributed by atoms with Crippen LogP contribution in [0.25, 0.3) is 0 Å². The Bertz CT molecular complexity index is 1020. The van der Waals surface area contributed by atoms with Gasteiger partial charge in [-0.15, -0.1) is 0 Å². The number of allylic oxidation sites excluding steroid dienone is 1. The highest BCUT2D eigenvalue weighted by Crippen LogP contribution is 2.55. The number of cyclic esters (lactones) is 1. The van der Waals surface area contributed by atoms with Crippen LogP contribution in [0.2, 0.25) is 0 Å². The molecule has 5 bridgehead atoms. The number of nitrogens with one attached hydrogen (secondary N) is 1. The lowest BCUT2D eigenvalue weighted by Crippen LogP contribution is -2.59. The van der Waals surface area contributed by atoms with Crippen molar-refractivity contribution in [2.45, 2.75) is 95.6 Å². The number of fused-ring (bicyclic) bond motifs is 2. The highest BCUT2D eigenvalue weighted by molar-refractivity contribution is 5.99. The number of unbranched alkanes of at least 4 members (excludes halogenated alkanes) is 3. The third kappa shape index (κ3) is 5.77. The van der Waals surface area contributed by atoms with E-state index in [1.165, 1.54) is 0 Å². The number of amides is 3. The maximum absolute atomic E-state index is 14.4. The third-order valence-corrected chi connectivity index (χ3v) is 8.16. The van der Waals surface area contributed by atoms with Crippen molar-refractivity contribution in [3.63, 3.8) is 0 Å². The van der Waals surface area contributed by atoms with Gasteiger partial charge in [-0.05, 0) is 47.0 Å². The maximum Gasteiger partial charge on any atom is 0.313 e. The SMILES string of the molecule is C[C@@H]1CNC(=O)CC/C=C\CN(C(C)(C)C)C(=O)[C@@H]2N(CCCCCCO)C(=O)[C@H]3[C@H](C(=O)O1)[C@@H]1C=C[C@]23O1. The van der Waals surface area contributed by atoms with Crippen molar-refractivity contribution in [2.24, 2.45) is 11.8 Å². The summed E-state index contributed by atoms with van der Waals surface area (Å²) in [6.45, 7) is 8.52. The van der Waals surface area contributed by atoms with E-state index in [4.69, 9.17) is 14.6 Å². The summed E-state index contributed by atoms with van der Waals surface area (Å²) in [5, 5.41) is 11.9. The summed E-state index contributed by atoms with van der Waals surface area (Å²) in [4.78, 5) is 57.5. The molecule has 0 unspecified atom stereocenters. The van der Waals surface area contributed by atoms with Crippen molar-refractivity contribution in [3.05, 3.63) is 24.3 Å². The first-order valence-electron chi connectivity index (χ1n) is 14.2. The molecular formula is C29H43N3O7. The second-order valence-electron chi connectivity index (χ2n) is 12.1. The second-order valence-corrected chi connectivity index (χ2v) is 12.1. The molecule has 216 valence electrons. The van der Waals surface area contributed by atoms with Crippen LogP contribution in [0, 0.1) is 11.8 Å². The van der Waals surface area contributed by atoms with Gasteiger partial charge in [0.1, 0.15) is 23.7 Å². The summed E-state index contributed by atoms with van der Waals surface area (Å²) in [7, 11) is 0. The smallest absolute Gasteiger partial charge is 0.313 e. The number of carbonyl (C=O) groups excluding carboxylic acids is 4. The first kappa shape index (κ1) is 29.3. The number of ether oxygens (including phenoxy) is 2. The number of hydrogen-bond acceptors (Lipinski definition) is 7. The quantitative estimate of drug-likeness (QED) is 0.296. The Morgan fingerprint density at radius 1 is 1.08 bits per heavy atom. The molecule has 2 saturated heterocycles. The van der Waals surface area contributed by atoms with Crippen LogP contribution in [0.15, 0.2) is 24.3 Å². The summed E-state index contributed by atoms with van der Waals surface area (Å²) in [6.07, 6.45) is 9.92. The number of hydrogen-bond donors (Lipinski definition) is 2. The molecular weight excluding hydrogens is 502 g/mol. The molecule has 0 aromatic heterocycles. The van der Waals surface area contributed by atoms with E-state index in [2.05, 4.69) is 5.32 Å². The lowest BCUT2D eigenvalue weighted by Gasteiger charge is -2.41. The normalized spacial score (nSPS) is 34.3. The first-order chi connectivity index (χ1) is 18.5. The fourth-order valence-electron chi connectivity index (χ4n) is 6.22. The number of esters is 1. The zero-order valence-corrected chi connectivity index (χ0v) is 23.6. The molecule has 4 aliphatic heterocycles. The van der Waals surface area contributed by atoms with Crippen LogP contribution in [0.5, 0.6) is 0 Å². The monoisotopic (exact) mass is 545 g/mol. The Labute approximate surface area is 230 Å². The van der Waals surface area contributed by atoms with E-state index >= 15 is 0 Å². The molecule has 6 atom stereocenters. The average Bonchev–Trinajstić information content (AvgIpc) is 3.50. The van der Waals surface area contributed by atoms with Gasteiger partial charge in [0, 0.05) is 31.7 Å². The molecule has 0 radical (unpaired) electrons. The third-order valence-electron chi connectivity index (χ3n) is 8.16. The van der Waals surface area contributed by atoms with Crippen LogP contribution < -0.4 is 5.32 Å². The first-order valence-corrected chi connectivity index (χ1v) is 14.2. The predicted octanol–water partition coefficient (Wildman–Crippen LogP) is 1.71. The Kier molecular flexibility index (Phi) is 8.85. The number of aliphatic hydroxyl groups is 1. The topological polar surface area (TPSA) is 125 Å². The van der Waals surface area contributed by atoms with Crippen molar-refractivity contribution < 1.29 is 33.8 Å². The van der Waals surface area contributed by atoms with Gasteiger partial charge in [-0.1, -0.05) is 37.1 Å². The number of carbonyl (C=O) groups is 4. The molecule has 10 heteroatoms. The van der Waals surface area contributed by atoms with Gasteiger partial charge in [0.15, 0.2) is 0 Å². The van der Waals surface area contributed by atoms with Crippen LogP contribution in [0.4, 0.5) is 0 Å². The Morgan fingerprint density at radius 2 is 1.82 bits per heavy atom. The maximum atomic E-state index is 14.4. The molecule has 4 rings (SSSR count). The lowest BCUT2D eigenvalue weighted by atomic mass is 9.74. The molecule has 3 amide bonds. The van der Waals surface area contributed by atoms with Gasteiger partial charge < -0.3 is 29.7 Å². The number of aliphatic hydroxyl groups excluding tert-OH is 1. The molecule has 2 N–H and O–H groups in total. The molecule has 0 saturated carbocycles. The molecule has 0 aromatic rings. The summed E-state index contributed by atoms with van der Waals surface area (Å²) >= 11 is 0. The van der Waals surface area contributed by atoms with Gasteiger partial charge in [0.2, 0.25) is 17.7 Å². The van der Waals surface area contributed by atoms with E-state index in [-0.39, 0.29) is 37.3 Å². The van der Waals surface area contributed by atoms with E-state index in [0.717, 1.165) is 12.8 Å². The van der Waals surface area contributed by atoms with E-state index in [1.54, 1.807) is 22.8 Å². The summed E-state index contributed by atoms with van der Waals surface area (Å²) in [6, 6.07) is -0.907. The fourth-order valence-corrected chi connectivity index (χ4v) is 6.22. The second kappa shape index (κ2) is 11.8. The van der Waals surface area contributed by atoms with Crippen LogP contribution >= 0.6 is 0 Å². The Balaban J connectivity index is 1.72. The average molecular weight is 546 g/mol. The lowest BCUT2D eigenvalue weighted by molar-refractivity contribution is -0.158. The van der Waals surface area contributed by atoms with Crippen LogP contribution in [-0.2, 0) is 28.7 Å². The predicted molar refractivity (Wildman–Crippen MR) is 143 cm³/mol. The number of rotatable bonds is 6. The molecule has 4 aliphatic rings. The van der Waals surface area contributed by atoms with Crippen molar-refractivity contribution >= 4 is 23.7 Å². The summed E-state index contributed by atoms with van der Waals surface area (Å²) < 4.78 is 12.1. The molecule has 10 nitrogen and oxygen atoms in total. The van der Waals surface area contributed by atoms with E-state index in [0.29, 0.717) is 32.4 Å². The molecule has 2 fully saturated rings. The summed E-state index contributed by atoms with van der Waals surface area (Å²) in [5.41, 5.74) is -1.80. The Morgan fingerprint density at radius 3 is 2.54 bits per heavy atom. The highest BCUT2D eigenvalue weighted by atomic mass is 16.6. The van der Waals surface area contributed by atoms with Crippen LogP contribution in [0.3, 0.4) is 0 Å². The Hall–Kier alpha value is -2.72. The van der Waals surface area contributed by atoms with Gasteiger partial charge >= 0.3 is 5.97 Å². The number of nitrogens with zero attached hydrogens (tertiary/aromatic N) is 2. The van der Waals surface area contributed by atoms with Crippen molar-refractivity contribution in [2.75, 3.05) is 26.2 Å². The molecule has 1 spiro atoms. The molecule has 0 aromatic carbocycles. The van der Waals surface area contributed by atoms with Crippen molar-refractivity contribution in [3.8, 4) is 0 Å². The van der Waals surface area contributed by atoms with Crippen LogP contribution in [0.1, 0.15) is 66.2 Å². The minimum Gasteiger partial charge on any atom is -0.460 e. The molecule has 4 heterocycles. The van der Waals surface area contributed by atoms with Crippen LogP contribution in [-0.4, -0.2) is 94.2 Å². The van der Waals surface area contributed by atoms with Gasteiger partial charge in [0.25, 0.3) is 0 Å². The summed E-state index contributed by atoms with van der Waals surface area (Å²) in [5.74, 6) is -2.93. The number of likely N-dealkylation sites (tertiary alicyclic amines) is 1. The van der Waals surface area contributed by atoms with E-state index in [9.17, 15) is 19.2 Å². The zero-order chi connectivity index (χ0) is 28.4. The van der Waals surface area contributed by atoms with E-state index < -0.39 is 47.2 Å². The minimum absolute atomic E-state index is 0.120. The largest absolute Gasteiger partial charge is 0.460 e. The van der Waals surface area contributed by atoms with Crippen molar-refractivity contribution in [1.82, 2.24) is 15.1 Å². The fraction of sp³-hybridized carbons (Fsp3) is 0.724. The molecule has 39 heavy (non-hydrogen) atoms. The van der Waals surface area contributed by atoms with Crippen molar-refractivity contribution in [1.29, 1.82) is 0 Å². The van der Waals surface area contributed by atoms with E-state index in [1.807, 2.05) is 39.0 Å². The van der Waals surface area contributed by atoms with Gasteiger partial charge in [-0.2, -0.15) is 0 Å². The van der Waals surface area contributed by atoms with Gasteiger partial charge in [0.05, 0.1) is 18.6 Å². The molecule has 0 aliphatic carbocycles.